The van der Waals surface area contributed by atoms with Crippen LogP contribution in [-0.4, -0.2) is 46.6 Å². The number of ether oxygens (including phenoxy) is 1. The molecule has 1 fully saturated rings. The molecule has 2 aromatic rings. The SMILES string of the molecule is C/C(=N/N1CCOCC1)c1ccc(-n2ccnc2)cc1. The molecule has 2 heterocycles. The molecule has 0 aliphatic carbocycles. The third kappa shape index (κ3) is 2.88. The molecule has 0 N–H and O–H groups in total. The molecule has 1 aliphatic rings. The lowest BCUT2D eigenvalue weighted by Crippen LogP contribution is -2.33. The van der Waals surface area contributed by atoms with Gasteiger partial charge in [-0.15, -0.1) is 0 Å². The van der Waals surface area contributed by atoms with E-state index in [-0.39, 0.29) is 0 Å². The highest BCUT2D eigenvalue weighted by atomic mass is 16.5. The van der Waals surface area contributed by atoms with Gasteiger partial charge in [0.2, 0.25) is 0 Å². The quantitative estimate of drug-likeness (QED) is 0.800. The van der Waals surface area contributed by atoms with Gasteiger partial charge in [-0.2, -0.15) is 5.10 Å². The molecule has 104 valence electrons. The van der Waals surface area contributed by atoms with Gasteiger partial charge in [-0.25, -0.2) is 4.98 Å². The molecule has 5 heteroatoms. The maximum Gasteiger partial charge on any atom is 0.0991 e. The summed E-state index contributed by atoms with van der Waals surface area (Å²) in [6, 6.07) is 8.34. The van der Waals surface area contributed by atoms with Gasteiger partial charge in [0, 0.05) is 18.1 Å². The van der Waals surface area contributed by atoms with Gasteiger partial charge in [-0.3, -0.25) is 5.01 Å². The smallest absolute Gasteiger partial charge is 0.0991 e. The summed E-state index contributed by atoms with van der Waals surface area (Å²) in [6.45, 7) is 5.29. The number of hydrazone groups is 1. The fourth-order valence-corrected chi connectivity index (χ4v) is 2.21. The van der Waals surface area contributed by atoms with Crippen LogP contribution in [0.4, 0.5) is 0 Å². The van der Waals surface area contributed by atoms with E-state index in [1.54, 1.807) is 12.5 Å². The van der Waals surface area contributed by atoms with E-state index in [0.29, 0.717) is 0 Å². The fraction of sp³-hybridized carbons (Fsp3) is 0.333. The summed E-state index contributed by atoms with van der Waals surface area (Å²) in [5.74, 6) is 0. The molecule has 0 radical (unpaired) electrons. The molecular weight excluding hydrogens is 252 g/mol. The first-order valence-electron chi connectivity index (χ1n) is 6.79. The Bertz CT molecular complexity index is 568. The van der Waals surface area contributed by atoms with Crippen LogP contribution in [-0.2, 0) is 4.74 Å². The summed E-state index contributed by atoms with van der Waals surface area (Å²) in [5, 5.41) is 6.72. The Hall–Kier alpha value is -2.14. The van der Waals surface area contributed by atoms with Crippen molar-refractivity contribution in [2.75, 3.05) is 26.3 Å². The number of benzene rings is 1. The van der Waals surface area contributed by atoms with Crippen LogP contribution in [0, 0.1) is 0 Å². The number of morpholine rings is 1. The van der Waals surface area contributed by atoms with Gasteiger partial charge in [-0.1, -0.05) is 12.1 Å². The second kappa shape index (κ2) is 5.88. The number of aromatic nitrogens is 2. The summed E-state index contributed by atoms with van der Waals surface area (Å²) >= 11 is 0. The molecule has 0 atom stereocenters. The molecule has 1 saturated heterocycles. The van der Waals surface area contributed by atoms with Gasteiger partial charge in [0.1, 0.15) is 0 Å². The first kappa shape index (κ1) is 12.9. The average Bonchev–Trinajstić information content (AvgIpc) is 3.03. The van der Waals surface area contributed by atoms with Gasteiger partial charge in [0.25, 0.3) is 0 Å². The summed E-state index contributed by atoms with van der Waals surface area (Å²) in [4.78, 5) is 4.05. The van der Waals surface area contributed by atoms with Crippen molar-refractivity contribution in [2.24, 2.45) is 5.10 Å². The lowest BCUT2D eigenvalue weighted by Gasteiger charge is -2.24. The minimum atomic E-state index is 0.760. The van der Waals surface area contributed by atoms with Crippen LogP contribution in [0.3, 0.4) is 0 Å². The average molecular weight is 270 g/mol. The number of hydrogen-bond acceptors (Lipinski definition) is 4. The van der Waals surface area contributed by atoms with Crippen molar-refractivity contribution in [3.8, 4) is 5.69 Å². The predicted molar refractivity (Wildman–Crippen MR) is 78.2 cm³/mol. The van der Waals surface area contributed by atoms with E-state index in [0.717, 1.165) is 43.3 Å². The highest BCUT2D eigenvalue weighted by Crippen LogP contribution is 2.11. The highest BCUT2D eigenvalue weighted by molar-refractivity contribution is 5.98. The minimum absolute atomic E-state index is 0.760. The second-order valence-corrected chi connectivity index (χ2v) is 4.77. The molecule has 20 heavy (non-hydrogen) atoms. The zero-order valence-electron chi connectivity index (χ0n) is 11.6. The molecule has 0 saturated carbocycles. The van der Waals surface area contributed by atoms with Crippen LogP contribution in [0.2, 0.25) is 0 Å². The van der Waals surface area contributed by atoms with E-state index in [4.69, 9.17) is 4.74 Å². The molecule has 3 rings (SSSR count). The monoisotopic (exact) mass is 270 g/mol. The number of rotatable bonds is 3. The lowest BCUT2D eigenvalue weighted by atomic mass is 10.1. The van der Waals surface area contributed by atoms with Crippen molar-refractivity contribution in [2.45, 2.75) is 6.92 Å². The number of nitrogens with zero attached hydrogens (tertiary/aromatic N) is 4. The fourth-order valence-electron chi connectivity index (χ4n) is 2.21. The zero-order valence-corrected chi connectivity index (χ0v) is 11.6. The minimum Gasteiger partial charge on any atom is -0.378 e. The first-order valence-corrected chi connectivity index (χ1v) is 6.79. The summed E-state index contributed by atoms with van der Waals surface area (Å²) in [5.41, 5.74) is 3.27. The summed E-state index contributed by atoms with van der Waals surface area (Å²) < 4.78 is 7.31. The van der Waals surface area contributed by atoms with E-state index in [1.807, 2.05) is 17.7 Å². The first-order chi connectivity index (χ1) is 9.83. The van der Waals surface area contributed by atoms with Gasteiger partial charge >= 0.3 is 0 Å². The molecule has 1 aliphatic heterocycles. The second-order valence-electron chi connectivity index (χ2n) is 4.77. The highest BCUT2D eigenvalue weighted by Gasteiger charge is 2.08. The van der Waals surface area contributed by atoms with Gasteiger partial charge in [-0.05, 0) is 24.6 Å². The number of imidazole rings is 1. The van der Waals surface area contributed by atoms with Crippen molar-refractivity contribution in [3.05, 3.63) is 48.5 Å². The molecule has 0 unspecified atom stereocenters. The Morgan fingerprint density at radius 3 is 2.60 bits per heavy atom. The van der Waals surface area contributed by atoms with E-state index in [9.17, 15) is 0 Å². The standard InChI is InChI=1S/C15H18N4O/c1-13(17-19-8-10-20-11-9-19)14-2-4-15(5-3-14)18-7-6-16-12-18/h2-7,12H,8-11H2,1H3/b17-13-. The van der Waals surface area contributed by atoms with Crippen LogP contribution in [0.15, 0.2) is 48.1 Å². The van der Waals surface area contributed by atoms with Crippen molar-refractivity contribution in [3.63, 3.8) is 0 Å². The zero-order chi connectivity index (χ0) is 13.8. The van der Waals surface area contributed by atoms with E-state index in [2.05, 4.69) is 39.4 Å². The Kier molecular flexibility index (Phi) is 3.78. The maximum absolute atomic E-state index is 5.32. The Morgan fingerprint density at radius 1 is 1.20 bits per heavy atom. The van der Waals surface area contributed by atoms with Gasteiger partial charge in [0.05, 0.1) is 38.3 Å². The van der Waals surface area contributed by atoms with Crippen LogP contribution in [0.1, 0.15) is 12.5 Å². The van der Waals surface area contributed by atoms with Crippen LogP contribution in [0.25, 0.3) is 5.69 Å². The van der Waals surface area contributed by atoms with Crippen molar-refractivity contribution < 1.29 is 4.74 Å². The predicted octanol–water partition coefficient (Wildman–Crippen LogP) is 1.93. The van der Waals surface area contributed by atoms with Crippen LogP contribution < -0.4 is 0 Å². The van der Waals surface area contributed by atoms with E-state index >= 15 is 0 Å². The van der Waals surface area contributed by atoms with Gasteiger partial charge in [0.15, 0.2) is 0 Å². The Morgan fingerprint density at radius 2 is 1.95 bits per heavy atom. The lowest BCUT2D eigenvalue weighted by molar-refractivity contribution is 0.0393. The van der Waals surface area contributed by atoms with E-state index < -0.39 is 0 Å². The third-order valence-electron chi connectivity index (χ3n) is 3.37. The molecule has 0 bridgehead atoms. The molecule has 1 aromatic carbocycles. The van der Waals surface area contributed by atoms with Crippen LogP contribution >= 0.6 is 0 Å². The van der Waals surface area contributed by atoms with Crippen molar-refractivity contribution in [1.82, 2.24) is 14.6 Å². The van der Waals surface area contributed by atoms with Crippen molar-refractivity contribution >= 4 is 5.71 Å². The molecule has 0 amide bonds. The van der Waals surface area contributed by atoms with Crippen LogP contribution in [0.5, 0.6) is 0 Å². The third-order valence-corrected chi connectivity index (χ3v) is 3.37. The molecular formula is C15H18N4O. The number of hydrogen-bond donors (Lipinski definition) is 0. The molecule has 1 aromatic heterocycles. The van der Waals surface area contributed by atoms with E-state index in [1.165, 1.54) is 0 Å². The topological polar surface area (TPSA) is 42.6 Å². The van der Waals surface area contributed by atoms with Gasteiger partial charge < -0.3 is 9.30 Å². The molecule has 0 spiro atoms. The summed E-state index contributed by atoms with van der Waals surface area (Å²) in [6.07, 6.45) is 5.51. The Labute approximate surface area is 118 Å². The Balaban J connectivity index is 1.75. The molecule has 5 nitrogen and oxygen atoms in total. The maximum atomic E-state index is 5.32. The largest absolute Gasteiger partial charge is 0.378 e. The summed E-state index contributed by atoms with van der Waals surface area (Å²) in [7, 11) is 0. The van der Waals surface area contributed by atoms with Crippen molar-refractivity contribution in [1.29, 1.82) is 0 Å². The normalized spacial score (nSPS) is 16.4.